The number of hydrogen-bond donors (Lipinski definition) is 2. The molecule has 0 saturated carbocycles. The van der Waals surface area contributed by atoms with Crippen LogP contribution >= 0.6 is 0 Å². The number of para-hydroxylation sites is 1. The lowest BCUT2D eigenvalue weighted by Gasteiger charge is -2.24. The van der Waals surface area contributed by atoms with Crippen LogP contribution in [0.4, 0.5) is 11.4 Å². The van der Waals surface area contributed by atoms with Gasteiger partial charge in [-0.1, -0.05) is 24.3 Å². The van der Waals surface area contributed by atoms with E-state index in [4.69, 9.17) is 4.42 Å². The van der Waals surface area contributed by atoms with E-state index in [1.165, 1.54) is 6.39 Å². The highest BCUT2D eigenvalue weighted by molar-refractivity contribution is 5.96. The van der Waals surface area contributed by atoms with Gasteiger partial charge < -0.3 is 15.1 Å². The van der Waals surface area contributed by atoms with Crippen molar-refractivity contribution in [3.63, 3.8) is 0 Å². The first kappa shape index (κ1) is 17.0. The molecule has 1 aliphatic heterocycles. The molecule has 0 radical (unpaired) electrons. The summed E-state index contributed by atoms with van der Waals surface area (Å²) in [6, 6.07) is 15.0. The van der Waals surface area contributed by atoms with E-state index in [0.29, 0.717) is 24.4 Å². The normalized spacial score (nSPS) is 15.7. The average molecular weight is 362 g/mol. The second-order valence-corrected chi connectivity index (χ2v) is 6.46. The van der Waals surface area contributed by atoms with Crippen molar-refractivity contribution in [3.05, 3.63) is 60.5 Å². The Morgan fingerprint density at radius 2 is 2.11 bits per heavy atom. The first-order valence-electron chi connectivity index (χ1n) is 8.74. The average Bonchev–Trinajstić information content (AvgIpc) is 3.21. The van der Waals surface area contributed by atoms with Crippen molar-refractivity contribution in [3.8, 4) is 11.5 Å². The molecule has 1 aliphatic rings. The maximum atomic E-state index is 12.3. The monoisotopic (exact) mass is 362 g/mol. The molecule has 136 valence electrons. The van der Waals surface area contributed by atoms with Crippen molar-refractivity contribution in [2.45, 2.75) is 19.3 Å². The number of rotatable bonds is 5. The lowest BCUT2D eigenvalue weighted by atomic mass is 9.89. The van der Waals surface area contributed by atoms with Gasteiger partial charge in [0.15, 0.2) is 0 Å². The molecular formula is C20H18N4O3. The molecule has 3 aromatic rings. The van der Waals surface area contributed by atoms with E-state index in [0.717, 1.165) is 16.8 Å². The van der Waals surface area contributed by atoms with Crippen LogP contribution in [0.1, 0.15) is 18.4 Å². The van der Waals surface area contributed by atoms with E-state index in [1.54, 1.807) is 18.2 Å². The molecule has 7 heteroatoms. The van der Waals surface area contributed by atoms with Crippen molar-refractivity contribution in [2.75, 3.05) is 10.6 Å². The predicted octanol–water partition coefficient (Wildman–Crippen LogP) is 3.27. The summed E-state index contributed by atoms with van der Waals surface area (Å²) in [4.78, 5) is 24.5. The topological polar surface area (TPSA) is 97.1 Å². The zero-order valence-corrected chi connectivity index (χ0v) is 14.5. The van der Waals surface area contributed by atoms with Gasteiger partial charge in [0.2, 0.25) is 24.1 Å². The molecule has 1 atom stereocenters. The van der Waals surface area contributed by atoms with Gasteiger partial charge in [-0.25, -0.2) is 0 Å². The Hall–Kier alpha value is -3.48. The van der Waals surface area contributed by atoms with Gasteiger partial charge in [0.25, 0.3) is 0 Å². The predicted molar refractivity (Wildman–Crippen MR) is 99.9 cm³/mol. The van der Waals surface area contributed by atoms with Gasteiger partial charge in [-0.05, 0) is 42.7 Å². The SMILES string of the molecule is O=C(CC[C@@H]1Cc2ccccc2NC1=O)Nc1cccc(-c2nnco2)c1. The number of carbonyl (C=O) groups is 2. The molecule has 0 spiro atoms. The maximum absolute atomic E-state index is 12.3. The van der Waals surface area contributed by atoms with Gasteiger partial charge in [0.05, 0.1) is 0 Å². The molecule has 0 aliphatic carbocycles. The molecule has 0 unspecified atom stereocenters. The van der Waals surface area contributed by atoms with Crippen LogP contribution in [0.25, 0.3) is 11.5 Å². The first-order chi connectivity index (χ1) is 13.2. The molecule has 2 heterocycles. The third kappa shape index (κ3) is 3.87. The molecule has 0 bridgehead atoms. The third-order valence-corrected chi connectivity index (χ3v) is 4.59. The number of anilines is 2. The number of nitrogens with one attached hydrogen (secondary N) is 2. The highest BCUT2D eigenvalue weighted by Crippen LogP contribution is 2.27. The van der Waals surface area contributed by atoms with Crippen LogP contribution in [0.5, 0.6) is 0 Å². The van der Waals surface area contributed by atoms with Crippen molar-refractivity contribution in [2.24, 2.45) is 5.92 Å². The Bertz CT molecular complexity index is 969. The van der Waals surface area contributed by atoms with E-state index in [-0.39, 0.29) is 24.2 Å². The molecule has 2 aromatic carbocycles. The van der Waals surface area contributed by atoms with Crippen LogP contribution in [-0.2, 0) is 16.0 Å². The van der Waals surface area contributed by atoms with Crippen LogP contribution in [0.3, 0.4) is 0 Å². The smallest absolute Gasteiger partial charge is 0.247 e. The summed E-state index contributed by atoms with van der Waals surface area (Å²) in [5.41, 5.74) is 3.35. The number of carbonyl (C=O) groups excluding carboxylic acids is 2. The van der Waals surface area contributed by atoms with Gasteiger partial charge in [-0.3, -0.25) is 9.59 Å². The number of benzene rings is 2. The second-order valence-electron chi connectivity index (χ2n) is 6.46. The molecule has 0 fully saturated rings. The fourth-order valence-corrected chi connectivity index (χ4v) is 3.20. The zero-order chi connectivity index (χ0) is 18.6. The fraction of sp³-hybridized carbons (Fsp3) is 0.200. The molecule has 2 amide bonds. The lowest BCUT2D eigenvalue weighted by Crippen LogP contribution is -2.30. The van der Waals surface area contributed by atoms with Crippen molar-refractivity contribution < 1.29 is 14.0 Å². The van der Waals surface area contributed by atoms with Crippen LogP contribution in [0.2, 0.25) is 0 Å². The van der Waals surface area contributed by atoms with Crippen LogP contribution in [-0.4, -0.2) is 22.0 Å². The molecule has 1 aromatic heterocycles. The largest absolute Gasteiger partial charge is 0.423 e. The van der Waals surface area contributed by atoms with E-state index >= 15 is 0 Å². The van der Waals surface area contributed by atoms with Crippen molar-refractivity contribution >= 4 is 23.2 Å². The van der Waals surface area contributed by atoms with Gasteiger partial charge in [-0.2, -0.15) is 0 Å². The van der Waals surface area contributed by atoms with Gasteiger partial charge in [-0.15, -0.1) is 10.2 Å². The maximum Gasteiger partial charge on any atom is 0.247 e. The van der Waals surface area contributed by atoms with E-state index in [9.17, 15) is 9.59 Å². The first-order valence-corrected chi connectivity index (χ1v) is 8.74. The molecule has 4 rings (SSSR count). The van der Waals surface area contributed by atoms with Gasteiger partial charge >= 0.3 is 0 Å². The minimum Gasteiger partial charge on any atom is -0.423 e. The van der Waals surface area contributed by atoms with E-state index < -0.39 is 0 Å². The Balaban J connectivity index is 1.35. The number of hydrogen-bond acceptors (Lipinski definition) is 5. The zero-order valence-electron chi connectivity index (χ0n) is 14.5. The number of amides is 2. The number of nitrogens with zero attached hydrogens (tertiary/aromatic N) is 2. The minimum atomic E-state index is -0.199. The second kappa shape index (κ2) is 7.41. The summed E-state index contributed by atoms with van der Waals surface area (Å²) in [5, 5.41) is 13.3. The van der Waals surface area contributed by atoms with E-state index in [2.05, 4.69) is 20.8 Å². The molecule has 2 N–H and O–H groups in total. The van der Waals surface area contributed by atoms with Crippen LogP contribution in [0, 0.1) is 5.92 Å². The summed E-state index contributed by atoms with van der Waals surface area (Å²) >= 11 is 0. The van der Waals surface area contributed by atoms with Crippen LogP contribution < -0.4 is 10.6 Å². The minimum absolute atomic E-state index is 0.0279. The van der Waals surface area contributed by atoms with Gasteiger partial charge in [0.1, 0.15) is 0 Å². The van der Waals surface area contributed by atoms with Gasteiger partial charge in [0, 0.05) is 29.3 Å². The molecule has 0 saturated heterocycles. The Labute approximate surface area is 155 Å². The molecule has 27 heavy (non-hydrogen) atoms. The lowest BCUT2D eigenvalue weighted by molar-refractivity contribution is -0.121. The Morgan fingerprint density at radius 1 is 1.22 bits per heavy atom. The summed E-state index contributed by atoms with van der Waals surface area (Å²) in [6.45, 7) is 0. The fourth-order valence-electron chi connectivity index (χ4n) is 3.20. The summed E-state index contributed by atoms with van der Waals surface area (Å²) in [7, 11) is 0. The highest BCUT2D eigenvalue weighted by atomic mass is 16.4. The standard InChI is InChI=1S/C20H18N4O3/c25-18(22-16-6-3-5-15(11-16)20-24-21-12-27-20)9-8-14-10-13-4-1-2-7-17(13)23-19(14)26/h1-7,11-12,14H,8-10H2,(H,22,25)(H,23,26)/t14-/m1/s1. The van der Waals surface area contributed by atoms with Crippen molar-refractivity contribution in [1.82, 2.24) is 10.2 Å². The molecular weight excluding hydrogens is 344 g/mol. The Kier molecular flexibility index (Phi) is 4.65. The molecule has 7 nitrogen and oxygen atoms in total. The van der Waals surface area contributed by atoms with Crippen LogP contribution in [0.15, 0.2) is 59.3 Å². The number of aromatic nitrogens is 2. The highest BCUT2D eigenvalue weighted by Gasteiger charge is 2.26. The summed E-state index contributed by atoms with van der Waals surface area (Å²) in [6.07, 6.45) is 2.68. The van der Waals surface area contributed by atoms with E-state index in [1.807, 2.05) is 30.3 Å². The summed E-state index contributed by atoms with van der Waals surface area (Å²) in [5.74, 6) is 0.0308. The summed E-state index contributed by atoms with van der Waals surface area (Å²) < 4.78 is 5.17. The number of fused-ring (bicyclic) bond motifs is 1. The third-order valence-electron chi connectivity index (χ3n) is 4.59. The Morgan fingerprint density at radius 3 is 2.96 bits per heavy atom. The van der Waals surface area contributed by atoms with Crippen molar-refractivity contribution in [1.29, 1.82) is 0 Å². The quantitative estimate of drug-likeness (QED) is 0.726.